The SMILES string of the molecule is OCC(CO)(CO)Cn1cc(-c2ccc(Cl)cc2)nn1. The fourth-order valence-corrected chi connectivity index (χ4v) is 1.90. The second-order valence-corrected chi connectivity index (χ2v) is 5.22. The molecule has 0 amide bonds. The number of aromatic nitrogens is 3. The van der Waals surface area contributed by atoms with Crippen LogP contribution in [0.1, 0.15) is 0 Å². The third kappa shape index (κ3) is 3.16. The van der Waals surface area contributed by atoms with Gasteiger partial charge in [-0.3, -0.25) is 4.68 Å². The van der Waals surface area contributed by atoms with E-state index in [1.165, 1.54) is 4.68 Å². The molecular weight excluding hydrogens is 282 g/mol. The largest absolute Gasteiger partial charge is 0.396 e. The summed E-state index contributed by atoms with van der Waals surface area (Å²) in [4.78, 5) is 0. The number of rotatable bonds is 6. The maximum absolute atomic E-state index is 9.30. The fraction of sp³-hybridized carbons (Fsp3) is 0.385. The topological polar surface area (TPSA) is 91.4 Å². The standard InChI is InChI=1S/C13H16ClN3O3/c14-11-3-1-10(2-4-11)12-5-17(16-15-12)6-13(7-18,8-19)9-20/h1-5,18-20H,6-9H2. The molecule has 6 nitrogen and oxygen atoms in total. The van der Waals surface area contributed by atoms with E-state index in [1.807, 2.05) is 12.1 Å². The van der Waals surface area contributed by atoms with E-state index in [2.05, 4.69) is 10.3 Å². The maximum atomic E-state index is 9.30. The van der Waals surface area contributed by atoms with Crippen LogP contribution in [0, 0.1) is 5.41 Å². The molecule has 1 aromatic heterocycles. The van der Waals surface area contributed by atoms with Crippen LogP contribution in [-0.2, 0) is 6.54 Å². The smallest absolute Gasteiger partial charge is 0.113 e. The third-order valence-electron chi connectivity index (χ3n) is 3.18. The minimum Gasteiger partial charge on any atom is -0.396 e. The van der Waals surface area contributed by atoms with E-state index in [1.54, 1.807) is 18.3 Å². The predicted octanol–water partition coefficient (Wildman–Crippen LogP) is 0.562. The van der Waals surface area contributed by atoms with E-state index < -0.39 is 5.41 Å². The molecule has 20 heavy (non-hydrogen) atoms. The van der Waals surface area contributed by atoms with Crippen molar-refractivity contribution in [2.75, 3.05) is 19.8 Å². The molecule has 0 aliphatic heterocycles. The van der Waals surface area contributed by atoms with Gasteiger partial charge in [0.2, 0.25) is 0 Å². The zero-order valence-corrected chi connectivity index (χ0v) is 11.5. The van der Waals surface area contributed by atoms with Crippen molar-refractivity contribution in [1.29, 1.82) is 0 Å². The van der Waals surface area contributed by atoms with Crippen LogP contribution in [0.3, 0.4) is 0 Å². The number of aliphatic hydroxyl groups excluding tert-OH is 3. The molecule has 0 saturated carbocycles. The number of halogens is 1. The number of aliphatic hydroxyl groups is 3. The lowest BCUT2D eigenvalue weighted by molar-refractivity contribution is -0.00951. The average Bonchev–Trinajstić information content (AvgIpc) is 2.94. The molecule has 7 heteroatoms. The summed E-state index contributed by atoms with van der Waals surface area (Å²) >= 11 is 5.82. The van der Waals surface area contributed by atoms with E-state index >= 15 is 0 Å². The van der Waals surface area contributed by atoms with Gasteiger partial charge >= 0.3 is 0 Å². The van der Waals surface area contributed by atoms with Crippen molar-refractivity contribution in [2.24, 2.45) is 5.41 Å². The molecule has 0 aliphatic carbocycles. The lowest BCUT2D eigenvalue weighted by Gasteiger charge is -2.26. The van der Waals surface area contributed by atoms with E-state index in [4.69, 9.17) is 11.6 Å². The first kappa shape index (κ1) is 14.9. The lowest BCUT2D eigenvalue weighted by atomic mass is 9.91. The van der Waals surface area contributed by atoms with Crippen molar-refractivity contribution in [3.8, 4) is 11.3 Å². The van der Waals surface area contributed by atoms with Crippen molar-refractivity contribution < 1.29 is 15.3 Å². The van der Waals surface area contributed by atoms with E-state index in [-0.39, 0.29) is 26.4 Å². The summed E-state index contributed by atoms with van der Waals surface area (Å²) < 4.78 is 1.49. The van der Waals surface area contributed by atoms with Crippen LogP contribution in [-0.4, -0.2) is 50.1 Å². The van der Waals surface area contributed by atoms with E-state index in [0.29, 0.717) is 10.7 Å². The van der Waals surface area contributed by atoms with Gasteiger partial charge in [0.1, 0.15) is 5.69 Å². The van der Waals surface area contributed by atoms with Crippen LogP contribution >= 0.6 is 11.6 Å². The second kappa shape index (κ2) is 6.32. The molecule has 0 spiro atoms. The highest BCUT2D eigenvalue weighted by molar-refractivity contribution is 6.30. The highest BCUT2D eigenvalue weighted by Crippen LogP contribution is 2.21. The molecule has 0 bridgehead atoms. The van der Waals surface area contributed by atoms with Crippen LogP contribution < -0.4 is 0 Å². The zero-order valence-electron chi connectivity index (χ0n) is 10.8. The Kier molecular flexibility index (Phi) is 4.72. The van der Waals surface area contributed by atoms with Gasteiger partial charge in [-0.2, -0.15) is 0 Å². The Bertz CT molecular complexity index is 544. The molecule has 0 atom stereocenters. The quantitative estimate of drug-likeness (QED) is 0.725. The Balaban J connectivity index is 2.18. The summed E-state index contributed by atoms with van der Waals surface area (Å²) in [5.74, 6) is 0. The third-order valence-corrected chi connectivity index (χ3v) is 3.43. The molecule has 1 aromatic carbocycles. The molecule has 108 valence electrons. The van der Waals surface area contributed by atoms with Crippen LogP contribution in [0.15, 0.2) is 30.5 Å². The van der Waals surface area contributed by atoms with Gasteiger partial charge in [0.15, 0.2) is 0 Å². The van der Waals surface area contributed by atoms with Crippen molar-refractivity contribution in [3.05, 3.63) is 35.5 Å². The minimum atomic E-state index is -1.01. The molecule has 3 N–H and O–H groups in total. The summed E-state index contributed by atoms with van der Waals surface area (Å²) in [5, 5.41) is 36.5. The highest BCUT2D eigenvalue weighted by atomic mass is 35.5. The lowest BCUT2D eigenvalue weighted by Crippen LogP contribution is -2.38. The van der Waals surface area contributed by atoms with Gasteiger partial charge in [0.05, 0.1) is 38.0 Å². The number of hydrogen-bond donors (Lipinski definition) is 3. The maximum Gasteiger partial charge on any atom is 0.113 e. The first-order valence-electron chi connectivity index (χ1n) is 6.11. The molecule has 0 radical (unpaired) electrons. The Hall–Kier alpha value is -1.47. The first-order valence-corrected chi connectivity index (χ1v) is 6.49. The summed E-state index contributed by atoms with van der Waals surface area (Å²) in [5.41, 5.74) is 0.512. The van der Waals surface area contributed by atoms with E-state index in [0.717, 1.165) is 5.56 Å². The molecule has 0 aliphatic rings. The Morgan fingerprint density at radius 2 is 1.65 bits per heavy atom. The van der Waals surface area contributed by atoms with Gasteiger partial charge in [-0.25, -0.2) is 0 Å². The first-order chi connectivity index (χ1) is 9.62. The monoisotopic (exact) mass is 297 g/mol. The van der Waals surface area contributed by atoms with Gasteiger partial charge in [0.25, 0.3) is 0 Å². The molecular formula is C13H16ClN3O3. The summed E-state index contributed by atoms with van der Waals surface area (Å²) in [6, 6.07) is 7.17. The molecule has 2 aromatic rings. The molecule has 0 saturated heterocycles. The van der Waals surface area contributed by atoms with Crippen LogP contribution in [0.4, 0.5) is 0 Å². The molecule has 0 fully saturated rings. The molecule has 1 heterocycles. The van der Waals surface area contributed by atoms with Gasteiger partial charge in [0, 0.05) is 10.6 Å². The van der Waals surface area contributed by atoms with Gasteiger partial charge in [-0.1, -0.05) is 28.9 Å². The van der Waals surface area contributed by atoms with Gasteiger partial charge in [-0.15, -0.1) is 5.10 Å². The van der Waals surface area contributed by atoms with Crippen molar-refractivity contribution in [3.63, 3.8) is 0 Å². The Morgan fingerprint density at radius 3 is 2.20 bits per heavy atom. The fourth-order valence-electron chi connectivity index (χ4n) is 1.77. The summed E-state index contributed by atoms with van der Waals surface area (Å²) in [7, 11) is 0. The second-order valence-electron chi connectivity index (χ2n) is 4.78. The minimum absolute atomic E-state index is 0.178. The van der Waals surface area contributed by atoms with E-state index in [9.17, 15) is 15.3 Å². The Morgan fingerprint density at radius 1 is 1.05 bits per heavy atom. The van der Waals surface area contributed by atoms with Crippen molar-refractivity contribution >= 4 is 11.6 Å². The van der Waals surface area contributed by atoms with Crippen LogP contribution in [0.2, 0.25) is 5.02 Å². The number of hydrogen-bond acceptors (Lipinski definition) is 5. The highest BCUT2D eigenvalue weighted by Gasteiger charge is 2.29. The summed E-state index contributed by atoms with van der Waals surface area (Å²) in [6.07, 6.45) is 1.69. The van der Waals surface area contributed by atoms with Crippen LogP contribution in [0.25, 0.3) is 11.3 Å². The zero-order chi connectivity index (χ0) is 14.6. The normalized spacial score (nSPS) is 11.8. The van der Waals surface area contributed by atoms with Crippen molar-refractivity contribution in [1.82, 2.24) is 15.0 Å². The van der Waals surface area contributed by atoms with Gasteiger partial charge < -0.3 is 15.3 Å². The number of nitrogens with zero attached hydrogens (tertiary/aromatic N) is 3. The molecule has 0 unspecified atom stereocenters. The van der Waals surface area contributed by atoms with Gasteiger partial charge in [-0.05, 0) is 12.1 Å². The molecule has 2 rings (SSSR count). The predicted molar refractivity (Wildman–Crippen MR) is 74.2 cm³/mol. The summed E-state index contributed by atoms with van der Waals surface area (Å²) in [6.45, 7) is -0.834. The van der Waals surface area contributed by atoms with Crippen molar-refractivity contribution in [2.45, 2.75) is 6.54 Å². The number of benzene rings is 1. The average molecular weight is 298 g/mol. The van der Waals surface area contributed by atoms with Crippen LogP contribution in [0.5, 0.6) is 0 Å². The Labute approximate surface area is 121 Å².